The maximum Gasteiger partial charge on any atom is 0.317 e. The summed E-state index contributed by atoms with van der Waals surface area (Å²) in [6.07, 6.45) is 4.46. The number of carbonyl (C=O) groups excluding carboxylic acids is 1. The van der Waals surface area contributed by atoms with Crippen LogP contribution in [0.15, 0.2) is 0 Å². The van der Waals surface area contributed by atoms with Crippen LogP contribution >= 0.6 is 0 Å². The summed E-state index contributed by atoms with van der Waals surface area (Å²) in [5.74, 6) is -0.757. The van der Waals surface area contributed by atoms with Crippen LogP contribution < -0.4 is 5.32 Å². The summed E-state index contributed by atoms with van der Waals surface area (Å²) in [4.78, 5) is 23.8. The molecule has 106 valence electrons. The van der Waals surface area contributed by atoms with Gasteiger partial charge >= 0.3 is 12.0 Å². The molecule has 0 saturated heterocycles. The lowest BCUT2D eigenvalue weighted by molar-refractivity contribution is -0.137. The molecular formula is C13H26N2O3. The van der Waals surface area contributed by atoms with Crippen LogP contribution in [0.1, 0.15) is 52.4 Å². The Labute approximate surface area is 110 Å². The summed E-state index contributed by atoms with van der Waals surface area (Å²) in [5, 5.41) is 11.3. The van der Waals surface area contributed by atoms with Crippen molar-refractivity contribution >= 4 is 12.0 Å². The Morgan fingerprint density at radius 2 is 1.78 bits per heavy atom. The number of aliphatic carboxylic acids is 1. The SMILES string of the molecule is CCC(CC)N(C)C(=O)NCCCCCC(=O)O. The van der Waals surface area contributed by atoms with E-state index in [0.29, 0.717) is 13.0 Å². The molecule has 18 heavy (non-hydrogen) atoms. The van der Waals surface area contributed by atoms with Gasteiger partial charge in [-0.1, -0.05) is 20.3 Å². The van der Waals surface area contributed by atoms with Crippen LogP contribution in [0, 0.1) is 0 Å². The monoisotopic (exact) mass is 258 g/mol. The van der Waals surface area contributed by atoms with Crippen LogP contribution in [0.4, 0.5) is 4.79 Å². The third-order valence-electron chi connectivity index (χ3n) is 3.15. The highest BCUT2D eigenvalue weighted by molar-refractivity contribution is 5.74. The third kappa shape index (κ3) is 7.14. The minimum absolute atomic E-state index is 0.0399. The smallest absolute Gasteiger partial charge is 0.317 e. The first-order valence-electron chi connectivity index (χ1n) is 6.75. The molecule has 2 N–H and O–H groups in total. The lowest BCUT2D eigenvalue weighted by atomic mass is 10.1. The molecular weight excluding hydrogens is 232 g/mol. The van der Waals surface area contributed by atoms with Crippen molar-refractivity contribution in [3.63, 3.8) is 0 Å². The molecule has 0 aromatic carbocycles. The van der Waals surface area contributed by atoms with Crippen LogP contribution in [-0.4, -0.2) is 41.6 Å². The van der Waals surface area contributed by atoms with Crippen LogP contribution in [-0.2, 0) is 4.79 Å². The Morgan fingerprint density at radius 3 is 2.28 bits per heavy atom. The molecule has 0 atom stereocenters. The predicted octanol–water partition coefficient (Wildman–Crippen LogP) is 2.46. The van der Waals surface area contributed by atoms with Gasteiger partial charge < -0.3 is 15.3 Å². The molecule has 0 aromatic heterocycles. The number of urea groups is 1. The molecule has 0 unspecified atom stereocenters. The van der Waals surface area contributed by atoms with E-state index in [0.717, 1.165) is 25.7 Å². The highest BCUT2D eigenvalue weighted by atomic mass is 16.4. The van der Waals surface area contributed by atoms with Crippen LogP contribution in [0.3, 0.4) is 0 Å². The number of carboxylic acids is 1. The van der Waals surface area contributed by atoms with E-state index in [1.54, 1.807) is 4.90 Å². The first-order valence-corrected chi connectivity index (χ1v) is 6.75. The maximum atomic E-state index is 11.8. The van der Waals surface area contributed by atoms with Gasteiger partial charge in [0.05, 0.1) is 0 Å². The molecule has 0 rings (SSSR count). The molecule has 0 aliphatic rings. The minimum atomic E-state index is -0.757. The highest BCUT2D eigenvalue weighted by Crippen LogP contribution is 2.06. The zero-order chi connectivity index (χ0) is 14.0. The van der Waals surface area contributed by atoms with Gasteiger partial charge in [0.1, 0.15) is 0 Å². The Bertz CT molecular complexity index is 253. The fraction of sp³-hybridized carbons (Fsp3) is 0.846. The van der Waals surface area contributed by atoms with E-state index in [4.69, 9.17) is 5.11 Å². The lowest BCUT2D eigenvalue weighted by Crippen LogP contribution is -2.43. The summed E-state index contributed by atoms with van der Waals surface area (Å²) in [7, 11) is 1.82. The van der Waals surface area contributed by atoms with Crippen molar-refractivity contribution in [2.45, 2.75) is 58.4 Å². The molecule has 5 nitrogen and oxygen atoms in total. The first-order chi connectivity index (χ1) is 8.52. The summed E-state index contributed by atoms with van der Waals surface area (Å²) >= 11 is 0. The van der Waals surface area contributed by atoms with Gasteiger partial charge in [-0.2, -0.15) is 0 Å². The van der Waals surface area contributed by atoms with E-state index in [9.17, 15) is 9.59 Å². The summed E-state index contributed by atoms with van der Waals surface area (Å²) < 4.78 is 0. The molecule has 0 aliphatic carbocycles. The van der Waals surface area contributed by atoms with Gasteiger partial charge in [-0.05, 0) is 25.7 Å². The number of nitrogens with zero attached hydrogens (tertiary/aromatic N) is 1. The second-order valence-corrected chi connectivity index (χ2v) is 4.52. The second-order valence-electron chi connectivity index (χ2n) is 4.52. The van der Waals surface area contributed by atoms with Crippen molar-refractivity contribution in [2.24, 2.45) is 0 Å². The van der Waals surface area contributed by atoms with E-state index in [-0.39, 0.29) is 18.5 Å². The van der Waals surface area contributed by atoms with Crippen LogP contribution in [0.25, 0.3) is 0 Å². The van der Waals surface area contributed by atoms with E-state index in [1.807, 2.05) is 7.05 Å². The van der Waals surface area contributed by atoms with Crippen molar-refractivity contribution in [3.8, 4) is 0 Å². The number of carboxylic acid groups (broad SMARTS) is 1. The number of rotatable bonds is 9. The Hall–Kier alpha value is -1.26. The fourth-order valence-electron chi connectivity index (χ4n) is 1.90. The maximum absolute atomic E-state index is 11.8. The highest BCUT2D eigenvalue weighted by Gasteiger charge is 2.15. The van der Waals surface area contributed by atoms with Gasteiger partial charge in [-0.15, -0.1) is 0 Å². The topological polar surface area (TPSA) is 69.6 Å². The largest absolute Gasteiger partial charge is 0.481 e. The van der Waals surface area contributed by atoms with Crippen molar-refractivity contribution < 1.29 is 14.7 Å². The second kappa shape index (κ2) is 9.74. The van der Waals surface area contributed by atoms with Crippen molar-refractivity contribution in [2.75, 3.05) is 13.6 Å². The fourth-order valence-corrected chi connectivity index (χ4v) is 1.90. The summed E-state index contributed by atoms with van der Waals surface area (Å²) in [6, 6.07) is 0.249. The van der Waals surface area contributed by atoms with Crippen molar-refractivity contribution in [1.29, 1.82) is 0 Å². The number of hydrogen-bond donors (Lipinski definition) is 2. The number of nitrogens with one attached hydrogen (secondary N) is 1. The zero-order valence-corrected chi connectivity index (χ0v) is 11.7. The Balaban J connectivity index is 3.67. The quantitative estimate of drug-likeness (QED) is 0.624. The molecule has 2 amide bonds. The van der Waals surface area contributed by atoms with Gasteiger partial charge in [0.15, 0.2) is 0 Å². The van der Waals surface area contributed by atoms with E-state index < -0.39 is 5.97 Å². The zero-order valence-electron chi connectivity index (χ0n) is 11.7. The molecule has 5 heteroatoms. The number of unbranched alkanes of at least 4 members (excludes halogenated alkanes) is 2. The van der Waals surface area contributed by atoms with E-state index >= 15 is 0 Å². The first kappa shape index (κ1) is 16.7. The molecule has 0 aliphatic heterocycles. The molecule has 0 heterocycles. The Morgan fingerprint density at radius 1 is 1.17 bits per heavy atom. The third-order valence-corrected chi connectivity index (χ3v) is 3.15. The van der Waals surface area contributed by atoms with E-state index in [1.165, 1.54) is 0 Å². The summed E-state index contributed by atoms with van der Waals surface area (Å²) in [5.41, 5.74) is 0. The number of hydrogen-bond acceptors (Lipinski definition) is 2. The van der Waals surface area contributed by atoms with Gasteiger partial charge in [0, 0.05) is 26.1 Å². The number of carbonyl (C=O) groups is 2. The van der Waals surface area contributed by atoms with Crippen molar-refractivity contribution in [3.05, 3.63) is 0 Å². The molecule has 0 aromatic rings. The standard InChI is InChI=1S/C13H26N2O3/c1-4-11(5-2)15(3)13(18)14-10-8-6-7-9-12(16)17/h11H,4-10H2,1-3H3,(H,14,18)(H,16,17). The van der Waals surface area contributed by atoms with Gasteiger partial charge in [0.25, 0.3) is 0 Å². The Kier molecular flexibility index (Phi) is 9.06. The molecule has 0 bridgehead atoms. The number of amides is 2. The minimum Gasteiger partial charge on any atom is -0.481 e. The molecule has 0 saturated carbocycles. The van der Waals surface area contributed by atoms with Gasteiger partial charge in [0.2, 0.25) is 0 Å². The molecule has 0 radical (unpaired) electrons. The van der Waals surface area contributed by atoms with Crippen LogP contribution in [0.2, 0.25) is 0 Å². The normalized spacial score (nSPS) is 10.4. The van der Waals surface area contributed by atoms with Crippen molar-refractivity contribution in [1.82, 2.24) is 10.2 Å². The lowest BCUT2D eigenvalue weighted by Gasteiger charge is -2.26. The van der Waals surface area contributed by atoms with E-state index in [2.05, 4.69) is 19.2 Å². The average molecular weight is 258 g/mol. The molecule has 0 fully saturated rings. The molecule has 0 spiro atoms. The summed E-state index contributed by atoms with van der Waals surface area (Å²) in [6.45, 7) is 4.76. The van der Waals surface area contributed by atoms with Gasteiger partial charge in [-0.25, -0.2) is 4.79 Å². The van der Waals surface area contributed by atoms with Crippen LogP contribution in [0.5, 0.6) is 0 Å². The predicted molar refractivity (Wildman–Crippen MR) is 71.6 cm³/mol. The van der Waals surface area contributed by atoms with Gasteiger partial charge in [-0.3, -0.25) is 4.79 Å². The average Bonchev–Trinajstić information content (AvgIpc) is 2.34.